The summed E-state index contributed by atoms with van der Waals surface area (Å²) in [6, 6.07) is 12.8. The van der Waals surface area contributed by atoms with Crippen molar-refractivity contribution in [2.45, 2.75) is 94.7 Å². The molecule has 49 heavy (non-hydrogen) atoms. The lowest BCUT2D eigenvalue weighted by Gasteiger charge is -2.51. The lowest BCUT2D eigenvalue weighted by atomic mass is 9.59. The third-order valence-electron chi connectivity index (χ3n) is 11.1. The summed E-state index contributed by atoms with van der Waals surface area (Å²) in [5, 5.41) is 10.7. The molecule has 3 atom stereocenters. The SMILES string of the molecule is COC(=O)C1(N(C(=O)C(F)(F)F)c2cccc(Cl)c2)CCC2(CC1)c1cc(O)ccc1C[C@H]2C[C@@H](C)COc1ccnc2c1[C@H](C)CCC2. The lowest BCUT2D eigenvalue weighted by Crippen LogP contribution is -2.63. The fraction of sp³-hybridized carbons (Fsp3) is 0.500. The molecule has 0 radical (unpaired) electrons. The monoisotopic (exact) mass is 698 g/mol. The highest BCUT2D eigenvalue weighted by molar-refractivity contribution is 6.31. The fourth-order valence-corrected chi connectivity index (χ4v) is 9.03. The number of benzene rings is 2. The highest BCUT2D eigenvalue weighted by atomic mass is 35.5. The Morgan fingerprint density at radius 1 is 1.12 bits per heavy atom. The van der Waals surface area contributed by atoms with Gasteiger partial charge >= 0.3 is 18.1 Å². The zero-order valence-electron chi connectivity index (χ0n) is 28.0. The molecule has 1 saturated carbocycles. The molecule has 1 spiro atoms. The van der Waals surface area contributed by atoms with E-state index >= 15 is 0 Å². The molecular formula is C38H42ClF3N2O5. The molecule has 1 amide bonds. The van der Waals surface area contributed by atoms with Crippen LogP contribution in [-0.4, -0.2) is 47.4 Å². The molecule has 0 unspecified atom stereocenters. The number of hydrogen-bond donors (Lipinski definition) is 1. The van der Waals surface area contributed by atoms with Gasteiger partial charge in [-0.15, -0.1) is 0 Å². The van der Waals surface area contributed by atoms with Gasteiger partial charge in [-0.1, -0.05) is 37.6 Å². The Morgan fingerprint density at radius 2 is 1.88 bits per heavy atom. The van der Waals surface area contributed by atoms with E-state index in [1.165, 1.54) is 29.8 Å². The lowest BCUT2D eigenvalue weighted by molar-refractivity contribution is -0.174. The smallest absolute Gasteiger partial charge is 0.471 e. The van der Waals surface area contributed by atoms with Gasteiger partial charge in [0, 0.05) is 28.2 Å². The van der Waals surface area contributed by atoms with Crippen LogP contribution in [0.3, 0.4) is 0 Å². The van der Waals surface area contributed by atoms with Gasteiger partial charge in [-0.2, -0.15) is 13.2 Å². The first kappa shape index (κ1) is 35.1. The predicted molar refractivity (Wildman–Crippen MR) is 180 cm³/mol. The minimum atomic E-state index is -5.26. The minimum absolute atomic E-state index is 0.0572. The van der Waals surface area contributed by atoms with E-state index < -0.39 is 29.0 Å². The second-order valence-corrected chi connectivity index (χ2v) is 14.6. The number of amides is 1. The molecular weight excluding hydrogens is 657 g/mol. The number of hydrogen-bond acceptors (Lipinski definition) is 6. The van der Waals surface area contributed by atoms with Crippen LogP contribution in [-0.2, 0) is 32.6 Å². The number of pyridine rings is 1. The number of methoxy groups -OCH3 is 1. The molecule has 0 bridgehead atoms. The Morgan fingerprint density at radius 3 is 2.57 bits per heavy atom. The summed E-state index contributed by atoms with van der Waals surface area (Å²) in [7, 11) is 1.12. The van der Waals surface area contributed by atoms with Gasteiger partial charge in [-0.25, -0.2) is 4.79 Å². The molecule has 0 saturated heterocycles. The van der Waals surface area contributed by atoms with Crippen molar-refractivity contribution in [2.24, 2.45) is 11.8 Å². The summed E-state index contributed by atoms with van der Waals surface area (Å²) < 4.78 is 54.2. The van der Waals surface area contributed by atoms with E-state index in [2.05, 4.69) is 18.8 Å². The number of aromatic hydroxyl groups is 1. The number of ether oxygens (including phenoxy) is 2. The first-order chi connectivity index (χ1) is 23.3. The number of phenolic OH excluding ortho intramolecular Hbond substituents is 1. The molecule has 11 heteroatoms. The van der Waals surface area contributed by atoms with Crippen LogP contribution < -0.4 is 9.64 Å². The van der Waals surface area contributed by atoms with E-state index in [1.807, 2.05) is 12.1 Å². The number of aromatic nitrogens is 1. The van der Waals surface area contributed by atoms with Gasteiger partial charge in [0.1, 0.15) is 17.0 Å². The van der Waals surface area contributed by atoms with Gasteiger partial charge in [0.05, 0.1) is 13.7 Å². The van der Waals surface area contributed by atoms with Gasteiger partial charge in [0.2, 0.25) is 0 Å². The summed E-state index contributed by atoms with van der Waals surface area (Å²) in [6.07, 6.45) is 1.61. The molecule has 6 rings (SSSR count). The third-order valence-corrected chi connectivity index (χ3v) is 11.4. The molecule has 1 N–H and O–H groups in total. The van der Waals surface area contributed by atoms with Crippen molar-refractivity contribution in [1.82, 2.24) is 4.98 Å². The molecule has 0 aliphatic heterocycles. The maximum Gasteiger partial charge on any atom is 0.471 e. The van der Waals surface area contributed by atoms with Crippen molar-refractivity contribution in [3.8, 4) is 11.5 Å². The van der Waals surface area contributed by atoms with Crippen molar-refractivity contribution in [1.29, 1.82) is 0 Å². The number of carbonyl (C=O) groups excluding carboxylic acids is 2. The predicted octanol–water partition coefficient (Wildman–Crippen LogP) is 8.48. The van der Waals surface area contributed by atoms with Crippen molar-refractivity contribution in [3.05, 3.63) is 82.1 Å². The average Bonchev–Trinajstić information content (AvgIpc) is 3.35. The van der Waals surface area contributed by atoms with Crippen molar-refractivity contribution in [3.63, 3.8) is 0 Å². The van der Waals surface area contributed by atoms with Crippen LogP contribution in [0.2, 0.25) is 5.02 Å². The number of rotatable bonds is 8. The van der Waals surface area contributed by atoms with Gasteiger partial charge in [0.25, 0.3) is 0 Å². The van der Waals surface area contributed by atoms with E-state index in [-0.39, 0.29) is 41.1 Å². The first-order valence-electron chi connectivity index (χ1n) is 17.0. The number of aryl methyl sites for hydroxylation is 1. The summed E-state index contributed by atoms with van der Waals surface area (Å²) in [5.41, 5.74) is 1.69. The van der Waals surface area contributed by atoms with Crippen LogP contribution in [0, 0.1) is 11.8 Å². The highest BCUT2D eigenvalue weighted by Gasteiger charge is 2.60. The second-order valence-electron chi connectivity index (χ2n) is 14.2. The molecule has 1 aromatic heterocycles. The third kappa shape index (κ3) is 6.48. The summed E-state index contributed by atoms with van der Waals surface area (Å²) in [4.78, 5) is 32.0. The number of nitrogens with zero attached hydrogens (tertiary/aromatic N) is 2. The minimum Gasteiger partial charge on any atom is -0.508 e. The Hall–Kier alpha value is -3.79. The number of phenols is 1. The van der Waals surface area contributed by atoms with Crippen molar-refractivity contribution >= 4 is 29.2 Å². The Bertz CT molecular complexity index is 1720. The number of fused-ring (bicyclic) bond motifs is 3. The van der Waals surface area contributed by atoms with Gasteiger partial charge < -0.3 is 14.6 Å². The van der Waals surface area contributed by atoms with Crippen LogP contribution in [0.5, 0.6) is 11.5 Å². The topological polar surface area (TPSA) is 89.0 Å². The molecule has 262 valence electrons. The van der Waals surface area contributed by atoms with Crippen molar-refractivity contribution < 1.29 is 37.3 Å². The maximum atomic E-state index is 14.2. The van der Waals surface area contributed by atoms with Crippen LogP contribution in [0.1, 0.15) is 87.1 Å². The molecule has 1 heterocycles. The first-order valence-corrected chi connectivity index (χ1v) is 17.3. The second kappa shape index (κ2) is 13.5. The molecule has 3 aromatic rings. The van der Waals surface area contributed by atoms with E-state index in [1.54, 1.807) is 18.3 Å². The molecule has 3 aliphatic rings. The molecule has 1 fully saturated rings. The van der Waals surface area contributed by atoms with E-state index in [0.717, 1.165) is 55.4 Å². The fourth-order valence-electron chi connectivity index (χ4n) is 8.85. The Labute approximate surface area is 289 Å². The number of carbonyl (C=O) groups is 2. The zero-order chi connectivity index (χ0) is 35.1. The highest BCUT2D eigenvalue weighted by Crippen LogP contribution is 2.58. The average molecular weight is 699 g/mol. The quantitative estimate of drug-likeness (QED) is 0.238. The van der Waals surface area contributed by atoms with E-state index in [9.17, 15) is 27.9 Å². The summed E-state index contributed by atoms with van der Waals surface area (Å²) in [6.45, 7) is 4.82. The van der Waals surface area contributed by atoms with Gasteiger partial charge in [-0.3, -0.25) is 14.7 Å². The van der Waals surface area contributed by atoms with Crippen LogP contribution in [0.15, 0.2) is 54.7 Å². The normalized spacial score (nSPS) is 25.3. The Balaban J connectivity index is 1.30. The maximum absolute atomic E-state index is 14.2. The molecule has 3 aliphatic carbocycles. The molecule has 2 aromatic carbocycles. The van der Waals surface area contributed by atoms with E-state index in [0.29, 0.717) is 36.7 Å². The van der Waals surface area contributed by atoms with Crippen LogP contribution >= 0.6 is 11.6 Å². The number of anilines is 1. The Kier molecular flexibility index (Phi) is 9.65. The standard InChI is InChI=1S/C38H42ClF3N2O5/c1-23(22-49-32-12-17-43-31-9-4-6-24(2)33(31)32)18-26-19-25-10-11-29(45)21-30(25)36(26)13-15-37(16-14-36,35(47)48-3)44(34(46)38(40,41)42)28-8-5-7-27(39)20-28/h5,7-8,10-12,17,20-21,23-24,26,45H,4,6,9,13-16,18-19,22H2,1-3H3/t23-,24-,26-,36?,37?/m1/s1. The largest absolute Gasteiger partial charge is 0.508 e. The number of alkyl halides is 3. The van der Waals surface area contributed by atoms with Gasteiger partial charge in [0.15, 0.2) is 0 Å². The summed E-state index contributed by atoms with van der Waals surface area (Å²) in [5.74, 6) is -1.55. The summed E-state index contributed by atoms with van der Waals surface area (Å²) >= 11 is 6.18. The zero-order valence-corrected chi connectivity index (χ0v) is 28.7. The van der Waals surface area contributed by atoms with Crippen LogP contribution in [0.4, 0.5) is 18.9 Å². The van der Waals surface area contributed by atoms with E-state index in [4.69, 9.17) is 21.1 Å². The van der Waals surface area contributed by atoms with Gasteiger partial charge in [-0.05, 0) is 128 Å². The molecule has 7 nitrogen and oxygen atoms in total. The van der Waals surface area contributed by atoms with Crippen molar-refractivity contribution in [2.75, 3.05) is 18.6 Å². The number of halogens is 4. The number of esters is 1. The van der Waals surface area contributed by atoms with Crippen LogP contribution in [0.25, 0.3) is 0 Å².